The number of unbranched alkanes of at least 4 members (excludes halogenated alkanes) is 1. The second-order valence-electron chi connectivity index (χ2n) is 6.66. The Morgan fingerprint density at radius 3 is 2.96 bits per heavy atom. The molecule has 6 nitrogen and oxygen atoms in total. The van der Waals surface area contributed by atoms with Gasteiger partial charge in [0.2, 0.25) is 0 Å². The third kappa shape index (κ3) is 5.17. The number of hydrogen-bond acceptors (Lipinski definition) is 6. The molecule has 140 valence electrons. The lowest BCUT2D eigenvalue weighted by Crippen LogP contribution is -2.34. The van der Waals surface area contributed by atoms with Gasteiger partial charge in [-0.05, 0) is 62.5 Å². The molecule has 3 rings (SSSR count). The molecule has 1 atom stereocenters. The number of piperidine rings is 1. The van der Waals surface area contributed by atoms with E-state index in [2.05, 4.69) is 16.0 Å². The van der Waals surface area contributed by atoms with Crippen LogP contribution in [0.3, 0.4) is 0 Å². The van der Waals surface area contributed by atoms with Gasteiger partial charge >= 0.3 is 0 Å². The molecule has 0 aliphatic carbocycles. The lowest BCUT2D eigenvalue weighted by atomic mass is 9.96. The highest BCUT2D eigenvalue weighted by molar-refractivity contribution is 5.48. The van der Waals surface area contributed by atoms with Crippen LogP contribution < -0.4 is 9.96 Å². The molecule has 1 saturated heterocycles. The number of rotatable bonds is 8. The zero-order chi connectivity index (χ0) is 18.2. The van der Waals surface area contributed by atoms with Crippen molar-refractivity contribution in [1.82, 2.24) is 9.88 Å². The highest BCUT2D eigenvalue weighted by Crippen LogP contribution is 2.30. The first-order valence-corrected chi connectivity index (χ1v) is 9.27. The summed E-state index contributed by atoms with van der Waals surface area (Å²) >= 11 is 0. The van der Waals surface area contributed by atoms with Crippen LogP contribution in [-0.4, -0.2) is 34.8 Å². The second kappa shape index (κ2) is 9.52. The van der Waals surface area contributed by atoms with E-state index in [0.29, 0.717) is 18.4 Å². The Hall–Kier alpha value is -2.15. The number of hydrogen-bond donors (Lipinski definition) is 1. The Bertz CT molecular complexity index is 666. The summed E-state index contributed by atoms with van der Waals surface area (Å²) in [5, 5.41) is 19.7. The molecule has 1 unspecified atom stereocenters. The minimum atomic E-state index is -0.151. The van der Waals surface area contributed by atoms with Crippen LogP contribution in [0.15, 0.2) is 48.8 Å². The smallest absolute Gasteiger partial charge is 0.121 e. The van der Waals surface area contributed by atoms with E-state index in [0.717, 1.165) is 25.9 Å². The Labute approximate surface area is 154 Å². The van der Waals surface area contributed by atoms with Crippen molar-refractivity contribution in [3.05, 3.63) is 59.6 Å². The highest BCUT2D eigenvalue weighted by Gasteiger charge is 2.23. The molecule has 26 heavy (non-hydrogen) atoms. The summed E-state index contributed by atoms with van der Waals surface area (Å²) in [6.45, 7) is 2.78. The largest absolute Gasteiger partial charge is 0.733 e. The number of nitrogens with zero attached hydrogens (tertiary/aromatic N) is 3. The van der Waals surface area contributed by atoms with Crippen LogP contribution in [0.25, 0.3) is 0 Å². The van der Waals surface area contributed by atoms with Gasteiger partial charge in [-0.2, -0.15) is 0 Å². The minimum absolute atomic E-state index is 0.151. The van der Waals surface area contributed by atoms with Crippen LogP contribution in [-0.2, 0) is 0 Å². The summed E-state index contributed by atoms with van der Waals surface area (Å²) < 4.78 is 5.69. The van der Waals surface area contributed by atoms with E-state index in [1.54, 1.807) is 12.1 Å². The van der Waals surface area contributed by atoms with Crippen molar-refractivity contribution >= 4 is 5.69 Å². The van der Waals surface area contributed by atoms with Gasteiger partial charge in [-0.1, -0.05) is 18.6 Å². The average molecular weight is 356 g/mol. The minimum Gasteiger partial charge on any atom is -0.733 e. The molecule has 1 aromatic heterocycles. The van der Waals surface area contributed by atoms with Gasteiger partial charge in [-0.3, -0.25) is 15.1 Å². The Balaban J connectivity index is 1.43. The van der Waals surface area contributed by atoms with E-state index in [1.807, 2.05) is 18.5 Å². The molecular weight excluding hydrogens is 330 g/mol. The zero-order valence-corrected chi connectivity index (χ0v) is 15.0. The molecule has 1 N–H and O–H groups in total. The topological polar surface area (TPSA) is 71.9 Å². The molecule has 2 aromatic rings. The molecule has 2 heterocycles. The normalized spacial score (nSPS) is 17.8. The molecule has 6 heteroatoms. The van der Waals surface area contributed by atoms with Gasteiger partial charge in [0.1, 0.15) is 5.75 Å². The van der Waals surface area contributed by atoms with E-state index in [1.165, 1.54) is 37.0 Å². The Morgan fingerprint density at radius 2 is 2.15 bits per heavy atom. The van der Waals surface area contributed by atoms with E-state index in [4.69, 9.17) is 9.94 Å². The highest BCUT2D eigenvalue weighted by atomic mass is 16.8. The fraction of sp³-hybridized carbons (Fsp3) is 0.450. The molecule has 0 bridgehead atoms. The summed E-state index contributed by atoms with van der Waals surface area (Å²) in [7, 11) is 0. The summed E-state index contributed by atoms with van der Waals surface area (Å²) in [6.07, 6.45) is 9.54. The van der Waals surface area contributed by atoms with Crippen LogP contribution in [0, 0.1) is 5.21 Å². The van der Waals surface area contributed by atoms with Gasteiger partial charge < -0.3 is 15.2 Å². The van der Waals surface area contributed by atoms with E-state index in [-0.39, 0.29) is 10.9 Å². The quantitative estimate of drug-likeness (QED) is 0.565. The Kier molecular flexibility index (Phi) is 6.82. The standard InChI is InChI=1S/C20H26N3O3/c24-23(25)18-8-5-9-19(15-18)26-14-4-3-13-22-12-2-1-10-20(22)17-7-6-11-21-16-17/h5-9,11,15-16,20,24H,1-4,10,12-14H2/q-1. The van der Waals surface area contributed by atoms with Crippen LogP contribution in [0.5, 0.6) is 5.75 Å². The Morgan fingerprint density at radius 1 is 1.23 bits per heavy atom. The third-order valence-electron chi connectivity index (χ3n) is 4.83. The average Bonchev–Trinajstić information content (AvgIpc) is 2.69. The molecule has 0 radical (unpaired) electrons. The SMILES string of the molecule is [O-]N(O)c1cccc(OCCCCN2CCCCC2c2cccnc2)c1. The summed E-state index contributed by atoms with van der Waals surface area (Å²) in [4.78, 5) is 6.82. The molecule has 1 aliphatic rings. The zero-order valence-electron chi connectivity index (χ0n) is 15.0. The van der Waals surface area contributed by atoms with Crippen molar-refractivity contribution in [2.24, 2.45) is 0 Å². The number of benzene rings is 1. The van der Waals surface area contributed by atoms with Gasteiger partial charge in [0.05, 0.1) is 12.3 Å². The van der Waals surface area contributed by atoms with Crippen molar-refractivity contribution in [2.45, 2.75) is 38.1 Å². The van der Waals surface area contributed by atoms with Gasteiger partial charge in [-0.15, -0.1) is 0 Å². The third-order valence-corrected chi connectivity index (χ3v) is 4.83. The number of pyridine rings is 1. The molecule has 1 fully saturated rings. The maximum absolute atomic E-state index is 10.9. The monoisotopic (exact) mass is 356 g/mol. The molecule has 0 spiro atoms. The van der Waals surface area contributed by atoms with Crippen molar-refractivity contribution in [1.29, 1.82) is 0 Å². The maximum Gasteiger partial charge on any atom is 0.121 e. The van der Waals surface area contributed by atoms with Crippen LogP contribution in [0.2, 0.25) is 0 Å². The first-order valence-electron chi connectivity index (χ1n) is 9.27. The summed E-state index contributed by atoms with van der Waals surface area (Å²) in [5.74, 6) is 0.601. The fourth-order valence-electron chi connectivity index (χ4n) is 3.51. The van der Waals surface area contributed by atoms with Crippen LogP contribution >= 0.6 is 0 Å². The molecule has 1 aliphatic heterocycles. The first kappa shape index (κ1) is 18.6. The van der Waals surface area contributed by atoms with Crippen molar-refractivity contribution in [3.8, 4) is 5.75 Å². The van der Waals surface area contributed by atoms with Gasteiger partial charge in [0.25, 0.3) is 0 Å². The number of likely N-dealkylation sites (tertiary alicyclic amines) is 1. The van der Waals surface area contributed by atoms with Crippen LogP contribution in [0.4, 0.5) is 5.69 Å². The van der Waals surface area contributed by atoms with Crippen molar-refractivity contribution in [3.63, 3.8) is 0 Å². The van der Waals surface area contributed by atoms with E-state index in [9.17, 15) is 5.21 Å². The second-order valence-corrected chi connectivity index (χ2v) is 6.66. The predicted octanol–water partition coefficient (Wildman–Crippen LogP) is 4.16. The van der Waals surface area contributed by atoms with Gasteiger partial charge in [0, 0.05) is 24.5 Å². The van der Waals surface area contributed by atoms with Crippen LogP contribution in [0.1, 0.15) is 43.7 Å². The molecule has 0 amide bonds. The summed E-state index contributed by atoms with van der Waals surface area (Å²) in [6, 6.07) is 11.2. The number of anilines is 1. The van der Waals surface area contributed by atoms with Gasteiger partial charge in [0.15, 0.2) is 0 Å². The predicted molar refractivity (Wildman–Crippen MR) is 101 cm³/mol. The molecular formula is C20H26N3O3-. The van der Waals surface area contributed by atoms with Gasteiger partial charge in [-0.25, -0.2) is 0 Å². The lowest BCUT2D eigenvalue weighted by Gasteiger charge is -2.35. The first-order chi connectivity index (χ1) is 12.7. The van der Waals surface area contributed by atoms with E-state index >= 15 is 0 Å². The molecule has 1 aromatic carbocycles. The fourth-order valence-corrected chi connectivity index (χ4v) is 3.51. The lowest BCUT2D eigenvalue weighted by molar-refractivity contribution is 0.143. The molecule has 0 saturated carbocycles. The number of aromatic nitrogens is 1. The number of ether oxygens (including phenoxy) is 1. The maximum atomic E-state index is 10.9. The van der Waals surface area contributed by atoms with E-state index < -0.39 is 0 Å². The van der Waals surface area contributed by atoms with Crippen molar-refractivity contribution in [2.75, 3.05) is 24.9 Å². The summed E-state index contributed by atoms with van der Waals surface area (Å²) in [5.41, 5.74) is 1.49. The van der Waals surface area contributed by atoms with Crippen molar-refractivity contribution < 1.29 is 9.94 Å².